The molecule has 0 unspecified atom stereocenters. The standard InChI is InChI=1S/C10H12ClNO/c1-2-7-3-4-8(11)5-9(7)10(13)6-12/h3-5H,2,6,12H2,1H3. The fourth-order valence-corrected chi connectivity index (χ4v) is 1.40. The van der Waals surface area contributed by atoms with Gasteiger partial charge >= 0.3 is 0 Å². The van der Waals surface area contributed by atoms with Crippen LogP contribution in [0.2, 0.25) is 5.02 Å². The number of rotatable bonds is 3. The molecular formula is C10H12ClNO. The van der Waals surface area contributed by atoms with Crippen molar-refractivity contribution in [3.63, 3.8) is 0 Å². The average molecular weight is 198 g/mol. The Bertz CT molecular complexity index is 323. The van der Waals surface area contributed by atoms with Crippen molar-refractivity contribution < 1.29 is 4.79 Å². The fraction of sp³-hybridized carbons (Fsp3) is 0.300. The highest BCUT2D eigenvalue weighted by atomic mass is 35.5. The molecule has 0 saturated carbocycles. The Morgan fingerprint density at radius 3 is 2.77 bits per heavy atom. The van der Waals surface area contributed by atoms with Gasteiger partial charge in [0.2, 0.25) is 0 Å². The quantitative estimate of drug-likeness (QED) is 0.754. The van der Waals surface area contributed by atoms with Gasteiger partial charge in [0.15, 0.2) is 5.78 Å². The maximum absolute atomic E-state index is 11.4. The first-order valence-electron chi connectivity index (χ1n) is 4.20. The highest BCUT2D eigenvalue weighted by molar-refractivity contribution is 6.31. The van der Waals surface area contributed by atoms with E-state index in [0.717, 1.165) is 12.0 Å². The summed E-state index contributed by atoms with van der Waals surface area (Å²) in [6.45, 7) is 2.03. The monoisotopic (exact) mass is 197 g/mol. The van der Waals surface area contributed by atoms with Crippen LogP contribution >= 0.6 is 11.6 Å². The molecule has 70 valence electrons. The van der Waals surface area contributed by atoms with Gasteiger partial charge in [-0.15, -0.1) is 0 Å². The minimum Gasteiger partial charge on any atom is -0.324 e. The molecule has 0 atom stereocenters. The average Bonchev–Trinajstić information content (AvgIpc) is 2.16. The van der Waals surface area contributed by atoms with Crippen molar-refractivity contribution in [2.24, 2.45) is 5.73 Å². The molecule has 0 radical (unpaired) electrons. The van der Waals surface area contributed by atoms with Gasteiger partial charge in [-0.25, -0.2) is 0 Å². The summed E-state index contributed by atoms with van der Waals surface area (Å²) >= 11 is 5.78. The molecule has 1 aromatic carbocycles. The molecule has 0 bridgehead atoms. The summed E-state index contributed by atoms with van der Waals surface area (Å²) in [5.74, 6) is -0.0562. The van der Waals surface area contributed by atoms with Crippen LogP contribution in [-0.4, -0.2) is 12.3 Å². The second-order valence-corrected chi connectivity index (χ2v) is 3.22. The Kier molecular flexibility index (Phi) is 3.46. The number of hydrogen-bond acceptors (Lipinski definition) is 2. The third-order valence-electron chi connectivity index (χ3n) is 1.94. The minimum atomic E-state index is -0.0562. The van der Waals surface area contributed by atoms with Crippen molar-refractivity contribution >= 4 is 17.4 Å². The van der Waals surface area contributed by atoms with E-state index >= 15 is 0 Å². The van der Waals surface area contributed by atoms with E-state index in [9.17, 15) is 4.79 Å². The van der Waals surface area contributed by atoms with Crippen LogP contribution < -0.4 is 5.73 Å². The first-order valence-corrected chi connectivity index (χ1v) is 4.58. The third kappa shape index (κ3) is 2.29. The van der Waals surface area contributed by atoms with Gasteiger partial charge in [0, 0.05) is 10.6 Å². The lowest BCUT2D eigenvalue weighted by atomic mass is 10.0. The first kappa shape index (κ1) is 10.2. The van der Waals surface area contributed by atoms with Crippen LogP contribution in [0.25, 0.3) is 0 Å². The van der Waals surface area contributed by atoms with Gasteiger partial charge in [0.1, 0.15) is 0 Å². The lowest BCUT2D eigenvalue weighted by Crippen LogP contribution is -2.15. The lowest BCUT2D eigenvalue weighted by molar-refractivity contribution is 0.100. The lowest BCUT2D eigenvalue weighted by Gasteiger charge is -2.05. The summed E-state index contributed by atoms with van der Waals surface area (Å²) in [6.07, 6.45) is 0.818. The number of carbonyl (C=O) groups is 1. The summed E-state index contributed by atoms with van der Waals surface area (Å²) in [5, 5.41) is 0.578. The number of benzene rings is 1. The second kappa shape index (κ2) is 4.40. The van der Waals surface area contributed by atoms with Gasteiger partial charge in [-0.3, -0.25) is 4.79 Å². The van der Waals surface area contributed by atoms with Crippen LogP contribution in [-0.2, 0) is 6.42 Å². The first-order chi connectivity index (χ1) is 6.19. The van der Waals surface area contributed by atoms with Crippen molar-refractivity contribution in [3.8, 4) is 0 Å². The highest BCUT2D eigenvalue weighted by Crippen LogP contribution is 2.16. The Morgan fingerprint density at radius 1 is 1.54 bits per heavy atom. The molecule has 0 spiro atoms. The van der Waals surface area contributed by atoms with Gasteiger partial charge in [0.05, 0.1) is 6.54 Å². The van der Waals surface area contributed by atoms with Crippen molar-refractivity contribution in [3.05, 3.63) is 34.3 Å². The largest absolute Gasteiger partial charge is 0.324 e. The van der Waals surface area contributed by atoms with Crippen LogP contribution in [0.3, 0.4) is 0 Å². The molecule has 3 heteroatoms. The smallest absolute Gasteiger partial charge is 0.176 e. The zero-order valence-corrected chi connectivity index (χ0v) is 8.27. The summed E-state index contributed by atoms with van der Waals surface area (Å²) in [6, 6.07) is 5.33. The van der Waals surface area contributed by atoms with Gasteiger partial charge in [-0.1, -0.05) is 24.6 Å². The fourth-order valence-electron chi connectivity index (χ4n) is 1.23. The highest BCUT2D eigenvalue weighted by Gasteiger charge is 2.08. The SMILES string of the molecule is CCc1ccc(Cl)cc1C(=O)CN. The van der Waals surface area contributed by atoms with Crippen LogP contribution in [0, 0.1) is 0 Å². The van der Waals surface area contributed by atoms with Gasteiger partial charge < -0.3 is 5.73 Å². The molecule has 0 aliphatic rings. The molecule has 0 aliphatic heterocycles. The van der Waals surface area contributed by atoms with Gasteiger partial charge in [-0.2, -0.15) is 0 Å². The second-order valence-electron chi connectivity index (χ2n) is 2.78. The molecule has 2 N–H and O–H groups in total. The number of halogens is 1. The maximum Gasteiger partial charge on any atom is 0.176 e. The molecule has 2 nitrogen and oxygen atoms in total. The number of ketones is 1. The van der Waals surface area contributed by atoms with Crippen molar-refractivity contribution in [1.29, 1.82) is 0 Å². The van der Waals surface area contributed by atoms with E-state index in [1.165, 1.54) is 0 Å². The molecule has 0 fully saturated rings. The number of nitrogens with two attached hydrogens (primary N) is 1. The van der Waals surface area contributed by atoms with Crippen LogP contribution in [0.15, 0.2) is 18.2 Å². The zero-order valence-electron chi connectivity index (χ0n) is 7.51. The Labute approximate surface area is 82.7 Å². The minimum absolute atomic E-state index is 0.0351. The summed E-state index contributed by atoms with van der Waals surface area (Å²) in [7, 11) is 0. The Morgan fingerprint density at radius 2 is 2.23 bits per heavy atom. The van der Waals surface area contributed by atoms with Crippen molar-refractivity contribution in [2.45, 2.75) is 13.3 Å². The topological polar surface area (TPSA) is 43.1 Å². The normalized spacial score (nSPS) is 10.1. The van der Waals surface area contributed by atoms with Crippen LogP contribution in [0.4, 0.5) is 0 Å². The Balaban J connectivity index is 3.15. The van der Waals surface area contributed by atoms with E-state index in [0.29, 0.717) is 10.6 Å². The van der Waals surface area contributed by atoms with E-state index in [-0.39, 0.29) is 12.3 Å². The zero-order chi connectivity index (χ0) is 9.84. The Hall–Kier alpha value is -0.860. The molecule has 0 aliphatic carbocycles. The van der Waals surface area contributed by atoms with Gasteiger partial charge in [0.25, 0.3) is 0 Å². The molecule has 13 heavy (non-hydrogen) atoms. The van der Waals surface area contributed by atoms with E-state index in [2.05, 4.69) is 0 Å². The van der Waals surface area contributed by atoms with Crippen molar-refractivity contribution in [1.82, 2.24) is 0 Å². The molecule has 1 aromatic rings. The number of hydrogen-bond donors (Lipinski definition) is 1. The number of Topliss-reactive ketones (excluding diaryl/α,β-unsaturated/α-hetero) is 1. The summed E-state index contributed by atoms with van der Waals surface area (Å²) < 4.78 is 0. The van der Waals surface area contributed by atoms with Gasteiger partial charge in [-0.05, 0) is 24.1 Å². The van der Waals surface area contributed by atoms with E-state index in [4.69, 9.17) is 17.3 Å². The molecule has 0 heterocycles. The van der Waals surface area contributed by atoms with E-state index < -0.39 is 0 Å². The third-order valence-corrected chi connectivity index (χ3v) is 2.17. The molecule has 0 saturated heterocycles. The van der Waals surface area contributed by atoms with Crippen molar-refractivity contribution in [2.75, 3.05) is 6.54 Å². The van der Waals surface area contributed by atoms with E-state index in [1.54, 1.807) is 12.1 Å². The number of aryl methyl sites for hydroxylation is 1. The summed E-state index contributed by atoms with van der Waals surface area (Å²) in [4.78, 5) is 11.4. The van der Waals surface area contributed by atoms with Crippen LogP contribution in [0.5, 0.6) is 0 Å². The maximum atomic E-state index is 11.4. The predicted octanol–water partition coefficient (Wildman–Crippen LogP) is 2.04. The summed E-state index contributed by atoms with van der Waals surface area (Å²) in [5.41, 5.74) is 6.94. The van der Waals surface area contributed by atoms with Crippen LogP contribution in [0.1, 0.15) is 22.8 Å². The molecule has 0 aromatic heterocycles. The number of carbonyl (C=O) groups excluding carboxylic acids is 1. The molecular weight excluding hydrogens is 186 g/mol. The van der Waals surface area contributed by atoms with E-state index in [1.807, 2.05) is 13.0 Å². The molecule has 0 amide bonds. The predicted molar refractivity (Wildman–Crippen MR) is 54.2 cm³/mol. The molecule has 1 rings (SSSR count).